The van der Waals surface area contributed by atoms with Crippen molar-refractivity contribution < 1.29 is 9.53 Å². The molecule has 0 saturated heterocycles. The van der Waals surface area contributed by atoms with Crippen LogP contribution in [0.25, 0.3) is 0 Å². The van der Waals surface area contributed by atoms with Gasteiger partial charge in [0, 0.05) is 17.1 Å². The third kappa shape index (κ3) is 4.80. The molecule has 4 nitrogen and oxygen atoms in total. The van der Waals surface area contributed by atoms with Crippen molar-refractivity contribution >= 4 is 21.8 Å². The van der Waals surface area contributed by atoms with Gasteiger partial charge in [-0.25, -0.2) is 0 Å². The number of nitrogens with one attached hydrogen (secondary N) is 1. The average molecular weight is 343 g/mol. The molecule has 1 aromatic carbocycles. The van der Waals surface area contributed by atoms with E-state index in [9.17, 15) is 4.79 Å². The van der Waals surface area contributed by atoms with Gasteiger partial charge >= 0.3 is 0 Å². The largest absolute Gasteiger partial charge is 0.481 e. The van der Waals surface area contributed by atoms with Gasteiger partial charge in [0.05, 0.1) is 0 Å². The van der Waals surface area contributed by atoms with Crippen LogP contribution in [0.4, 0.5) is 0 Å². The molecule has 0 heterocycles. The van der Waals surface area contributed by atoms with Crippen LogP contribution in [0.5, 0.6) is 5.75 Å². The second-order valence-electron chi connectivity index (χ2n) is 4.74. The van der Waals surface area contributed by atoms with Crippen LogP contribution < -0.4 is 15.8 Å². The maximum absolute atomic E-state index is 12.0. The smallest absolute Gasteiger partial charge is 0.260 e. The first-order chi connectivity index (χ1) is 9.51. The van der Waals surface area contributed by atoms with E-state index in [0.29, 0.717) is 12.3 Å². The molecular formula is C15H23BrN2O2. The Morgan fingerprint density at radius 3 is 2.60 bits per heavy atom. The Balaban J connectivity index is 2.65. The number of halogens is 1. The van der Waals surface area contributed by atoms with Crippen LogP contribution in [-0.4, -0.2) is 18.1 Å². The Labute approximate surface area is 129 Å². The molecule has 1 amide bonds. The number of carbonyl (C=O) groups excluding carboxylic acids is 1. The first-order valence-corrected chi connectivity index (χ1v) is 7.76. The fraction of sp³-hybridized carbons (Fsp3) is 0.533. The molecule has 20 heavy (non-hydrogen) atoms. The summed E-state index contributed by atoms with van der Waals surface area (Å²) in [7, 11) is 0. The summed E-state index contributed by atoms with van der Waals surface area (Å²) in [6, 6.07) is 5.76. The lowest BCUT2D eigenvalue weighted by atomic mass is 10.1. The van der Waals surface area contributed by atoms with E-state index < -0.39 is 6.10 Å². The summed E-state index contributed by atoms with van der Waals surface area (Å²) in [4.78, 5) is 12.0. The topological polar surface area (TPSA) is 64.3 Å². The van der Waals surface area contributed by atoms with Crippen molar-refractivity contribution in [3.05, 3.63) is 28.2 Å². The van der Waals surface area contributed by atoms with E-state index in [4.69, 9.17) is 10.5 Å². The molecule has 1 rings (SSSR count). The van der Waals surface area contributed by atoms with Crippen molar-refractivity contribution in [2.45, 2.75) is 52.3 Å². The van der Waals surface area contributed by atoms with E-state index in [1.54, 1.807) is 6.92 Å². The Hall–Kier alpha value is -1.07. The number of hydrogen-bond acceptors (Lipinski definition) is 3. The van der Waals surface area contributed by atoms with E-state index >= 15 is 0 Å². The number of amides is 1. The molecule has 0 aliphatic rings. The SMILES string of the molecule is CCC(CC)NC(=O)C(C)Oc1ccc(Br)c(CN)c1. The molecule has 1 atom stereocenters. The summed E-state index contributed by atoms with van der Waals surface area (Å²) in [5, 5.41) is 2.98. The van der Waals surface area contributed by atoms with Crippen molar-refractivity contribution in [3.63, 3.8) is 0 Å². The first-order valence-electron chi connectivity index (χ1n) is 6.97. The zero-order valence-corrected chi connectivity index (χ0v) is 13.9. The minimum Gasteiger partial charge on any atom is -0.481 e. The summed E-state index contributed by atoms with van der Waals surface area (Å²) in [6.45, 7) is 6.29. The van der Waals surface area contributed by atoms with Gasteiger partial charge in [-0.05, 0) is 43.5 Å². The van der Waals surface area contributed by atoms with Crippen LogP contribution in [0.15, 0.2) is 22.7 Å². The molecule has 1 aromatic rings. The molecular weight excluding hydrogens is 320 g/mol. The van der Waals surface area contributed by atoms with Crippen molar-refractivity contribution in [3.8, 4) is 5.75 Å². The first kappa shape index (κ1) is 17.0. The highest BCUT2D eigenvalue weighted by Gasteiger charge is 2.17. The highest BCUT2D eigenvalue weighted by molar-refractivity contribution is 9.10. The highest BCUT2D eigenvalue weighted by Crippen LogP contribution is 2.23. The van der Waals surface area contributed by atoms with Gasteiger partial charge < -0.3 is 15.8 Å². The van der Waals surface area contributed by atoms with Gasteiger partial charge in [-0.15, -0.1) is 0 Å². The van der Waals surface area contributed by atoms with Crippen LogP contribution in [0.3, 0.4) is 0 Å². The summed E-state index contributed by atoms with van der Waals surface area (Å²) >= 11 is 3.42. The Bertz CT molecular complexity index is 447. The number of benzene rings is 1. The third-order valence-corrected chi connectivity index (χ3v) is 4.02. The van der Waals surface area contributed by atoms with E-state index in [1.165, 1.54) is 0 Å². The minimum atomic E-state index is -0.526. The minimum absolute atomic E-state index is 0.0871. The zero-order chi connectivity index (χ0) is 15.1. The van der Waals surface area contributed by atoms with Crippen molar-refractivity contribution in [2.75, 3.05) is 0 Å². The van der Waals surface area contributed by atoms with Gasteiger partial charge in [-0.2, -0.15) is 0 Å². The van der Waals surface area contributed by atoms with Gasteiger partial charge in [0.25, 0.3) is 5.91 Å². The fourth-order valence-corrected chi connectivity index (χ4v) is 2.26. The number of carbonyl (C=O) groups is 1. The standard InChI is InChI=1S/C15H23BrN2O2/c1-4-12(5-2)18-15(19)10(3)20-13-6-7-14(16)11(8-13)9-17/h6-8,10,12H,4-5,9,17H2,1-3H3,(H,18,19). The number of nitrogens with two attached hydrogens (primary N) is 1. The molecule has 0 aliphatic carbocycles. The predicted molar refractivity (Wildman–Crippen MR) is 84.6 cm³/mol. The highest BCUT2D eigenvalue weighted by atomic mass is 79.9. The molecule has 0 aliphatic heterocycles. The van der Waals surface area contributed by atoms with Gasteiger partial charge in [-0.3, -0.25) is 4.79 Å². The number of hydrogen-bond donors (Lipinski definition) is 2. The van der Waals surface area contributed by atoms with E-state index in [1.807, 2.05) is 18.2 Å². The maximum atomic E-state index is 12.0. The molecule has 0 saturated carbocycles. The summed E-state index contributed by atoms with van der Waals surface area (Å²) in [5.41, 5.74) is 6.60. The van der Waals surface area contributed by atoms with E-state index in [0.717, 1.165) is 22.9 Å². The molecule has 0 radical (unpaired) electrons. The lowest BCUT2D eigenvalue weighted by molar-refractivity contribution is -0.128. The zero-order valence-electron chi connectivity index (χ0n) is 12.3. The maximum Gasteiger partial charge on any atom is 0.260 e. The Kier molecular flexibility index (Phi) is 7.02. The monoisotopic (exact) mass is 342 g/mol. The number of rotatable bonds is 7. The van der Waals surface area contributed by atoms with Gasteiger partial charge in [0.15, 0.2) is 6.10 Å². The molecule has 0 bridgehead atoms. The van der Waals surface area contributed by atoms with Crippen LogP contribution in [0, 0.1) is 0 Å². The lowest BCUT2D eigenvalue weighted by Crippen LogP contribution is -2.42. The van der Waals surface area contributed by atoms with Gasteiger partial charge in [-0.1, -0.05) is 29.8 Å². The number of ether oxygens (including phenoxy) is 1. The quantitative estimate of drug-likeness (QED) is 0.800. The van der Waals surface area contributed by atoms with Crippen molar-refractivity contribution in [1.29, 1.82) is 0 Å². The Morgan fingerprint density at radius 2 is 2.05 bits per heavy atom. The van der Waals surface area contributed by atoms with Crippen molar-refractivity contribution in [1.82, 2.24) is 5.32 Å². The average Bonchev–Trinajstić information content (AvgIpc) is 2.46. The molecule has 5 heteroatoms. The van der Waals surface area contributed by atoms with Crippen LogP contribution in [0.1, 0.15) is 39.2 Å². The molecule has 0 fully saturated rings. The van der Waals surface area contributed by atoms with Crippen LogP contribution in [-0.2, 0) is 11.3 Å². The normalized spacial score (nSPS) is 12.3. The Morgan fingerprint density at radius 1 is 1.40 bits per heavy atom. The molecule has 3 N–H and O–H groups in total. The molecule has 0 spiro atoms. The molecule has 1 unspecified atom stereocenters. The van der Waals surface area contributed by atoms with E-state index in [2.05, 4.69) is 35.1 Å². The van der Waals surface area contributed by atoms with Crippen LogP contribution in [0.2, 0.25) is 0 Å². The lowest BCUT2D eigenvalue weighted by Gasteiger charge is -2.19. The van der Waals surface area contributed by atoms with Crippen LogP contribution >= 0.6 is 15.9 Å². The summed E-state index contributed by atoms with van der Waals surface area (Å²) < 4.78 is 6.62. The fourth-order valence-electron chi connectivity index (χ4n) is 1.85. The predicted octanol–water partition coefficient (Wildman–Crippen LogP) is 2.98. The molecule has 0 aromatic heterocycles. The van der Waals surface area contributed by atoms with Gasteiger partial charge in [0.1, 0.15) is 5.75 Å². The second-order valence-corrected chi connectivity index (χ2v) is 5.59. The summed E-state index contributed by atoms with van der Waals surface area (Å²) in [6.07, 6.45) is 1.32. The summed E-state index contributed by atoms with van der Waals surface area (Å²) in [5.74, 6) is 0.566. The van der Waals surface area contributed by atoms with E-state index in [-0.39, 0.29) is 11.9 Å². The third-order valence-electron chi connectivity index (χ3n) is 3.25. The second kappa shape index (κ2) is 8.27. The van der Waals surface area contributed by atoms with Gasteiger partial charge in [0.2, 0.25) is 0 Å². The molecule has 112 valence electrons. The van der Waals surface area contributed by atoms with Crippen molar-refractivity contribution in [2.24, 2.45) is 5.73 Å².